The van der Waals surface area contributed by atoms with Crippen molar-refractivity contribution in [3.63, 3.8) is 0 Å². The Morgan fingerprint density at radius 2 is 1.93 bits per heavy atom. The third kappa shape index (κ3) is 6.81. The molecule has 2 aromatic heterocycles. The smallest absolute Gasteiger partial charge is 0.416 e. The molecule has 0 radical (unpaired) electrons. The molecule has 2 N–H and O–H groups in total. The van der Waals surface area contributed by atoms with Gasteiger partial charge >= 0.3 is 12.1 Å². The van der Waals surface area contributed by atoms with Crippen LogP contribution in [0.5, 0.6) is 0 Å². The average molecular weight is 569 g/mol. The van der Waals surface area contributed by atoms with E-state index in [1.807, 2.05) is 0 Å². The van der Waals surface area contributed by atoms with Gasteiger partial charge in [-0.05, 0) is 43.3 Å². The van der Waals surface area contributed by atoms with Crippen molar-refractivity contribution in [2.75, 3.05) is 44.8 Å². The van der Waals surface area contributed by atoms with E-state index in [9.17, 15) is 22.8 Å². The second kappa shape index (κ2) is 11.9. The number of aromatic nitrogens is 4. The predicted molar refractivity (Wildman–Crippen MR) is 143 cm³/mol. The summed E-state index contributed by atoms with van der Waals surface area (Å²) in [5.74, 6) is -0.795. The normalized spacial score (nSPS) is 14.1. The van der Waals surface area contributed by atoms with Gasteiger partial charge in [0, 0.05) is 54.5 Å². The van der Waals surface area contributed by atoms with Crippen LogP contribution in [0.15, 0.2) is 60.9 Å². The topological polar surface area (TPSA) is 114 Å². The third-order valence-electron chi connectivity index (χ3n) is 6.57. The number of esters is 1. The van der Waals surface area contributed by atoms with Crippen LogP contribution >= 0.6 is 0 Å². The summed E-state index contributed by atoms with van der Waals surface area (Å²) in [7, 11) is 0. The number of amides is 1. The fourth-order valence-electron chi connectivity index (χ4n) is 4.40. The summed E-state index contributed by atoms with van der Waals surface area (Å²) in [6.07, 6.45) is -1.67. The number of carbonyl (C=O) groups excluding carboxylic acids is 2. The molecule has 1 aliphatic rings. The number of nitrogens with zero attached hydrogens (tertiary/aromatic N) is 4. The number of carbonyl (C=O) groups is 2. The van der Waals surface area contributed by atoms with Gasteiger partial charge in [0.25, 0.3) is 5.91 Å². The Bertz CT molecular complexity index is 1540. The van der Waals surface area contributed by atoms with Gasteiger partial charge in [-0.25, -0.2) is 9.78 Å². The summed E-state index contributed by atoms with van der Waals surface area (Å²) >= 11 is 0. The Morgan fingerprint density at radius 3 is 2.66 bits per heavy atom. The molecule has 0 spiro atoms. The van der Waals surface area contributed by atoms with Crippen molar-refractivity contribution in [1.29, 1.82) is 0 Å². The minimum Gasteiger partial charge on any atom is -0.460 e. The Hall–Kier alpha value is -4.49. The van der Waals surface area contributed by atoms with Gasteiger partial charge in [-0.2, -0.15) is 18.3 Å². The molecular formula is C28H27F3N6O4. The van der Waals surface area contributed by atoms with E-state index in [4.69, 9.17) is 9.47 Å². The molecule has 1 aliphatic heterocycles. The van der Waals surface area contributed by atoms with Crippen LogP contribution in [0, 0.1) is 6.92 Å². The molecule has 0 bridgehead atoms. The van der Waals surface area contributed by atoms with E-state index in [1.54, 1.807) is 31.2 Å². The molecule has 1 fully saturated rings. The Morgan fingerprint density at radius 1 is 1.12 bits per heavy atom. The van der Waals surface area contributed by atoms with Gasteiger partial charge in [-0.3, -0.25) is 14.8 Å². The molecule has 5 rings (SSSR count). The lowest BCUT2D eigenvalue weighted by atomic mass is 10.1. The molecule has 0 saturated carbocycles. The summed E-state index contributed by atoms with van der Waals surface area (Å²) in [4.78, 5) is 31.7. The number of aromatic amines is 1. The van der Waals surface area contributed by atoms with Gasteiger partial charge in [0.2, 0.25) is 0 Å². The van der Waals surface area contributed by atoms with Crippen LogP contribution in [0.1, 0.15) is 32.2 Å². The molecule has 2 aromatic carbocycles. The number of ether oxygens (including phenoxy) is 2. The third-order valence-corrected chi connectivity index (χ3v) is 6.57. The molecule has 3 heterocycles. The van der Waals surface area contributed by atoms with Gasteiger partial charge in [0.15, 0.2) is 0 Å². The molecule has 1 saturated heterocycles. The quantitative estimate of drug-likeness (QED) is 0.304. The minimum absolute atomic E-state index is 0.162. The SMILES string of the molecule is Cc1nccn1-c1cc(C(=O)Nc2cccc(-c3cc(C(=O)OCCN4CCOCC4)[nH]n3)c2)cc(C(F)(F)F)c1. The van der Waals surface area contributed by atoms with Crippen LogP contribution in [0.3, 0.4) is 0 Å². The van der Waals surface area contributed by atoms with Crippen LogP contribution in [0.25, 0.3) is 16.9 Å². The van der Waals surface area contributed by atoms with Gasteiger partial charge < -0.3 is 19.4 Å². The van der Waals surface area contributed by atoms with E-state index in [0.29, 0.717) is 42.5 Å². The van der Waals surface area contributed by atoms with E-state index < -0.39 is 23.6 Å². The Balaban J connectivity index is 1.28. The molecule has 0 unspecified atom stereocenters. The summed E-state index contributed by atoms with van der Waals surface area (Å²) in [5, 5.41) is 9.48. The van der Waals surface area contributed by atoms with Crippen LogP contribution in [-0.4, -0.2) is 76.0 Å². The molecule has 13 heteroatoms. The first-order valence-electron chi connectivity index (χ1n) is 12.8. The fraction of sp³-hybridized carbons (Fsp3) is 0.286. The predicted octanol–water partition coefficient (Wildman–Crippen LogP) is 4.33. The van der Waals surface area contributed by atoms with E-state index in [-0.39, 0.29) is 23.6 Å². The number of hydrogen-bond donors (Lipinski definition) is 2. The van der Waals surface area contributed by atoms with Crippen LogP contribution in [0.4, 0.5) is 18.9 Å². The van der Waals surface area contributed by atoms with Gasteiger partial charge in [-0.15, -0.1) is 0 Å². The van der Waals surface area contributed by atoms with Crippen molar-refractivity contribution in [3.8, 4) is 16.9 Å². The molecule has 214 valence electrons. The minimum atomic E-state index is -4.65. The van der Waals surface area contributed by atoms with Gasteiger partial charge in [0.05, 0.1) is 24.5 Å². The monoisotopic (exact) mass is 568 g/mol. The van der Waals surface area contributed by atoms with E-state index in [0.717, 1.165) is 25.2 Å². The van der Waals surface area contributed by atoms with Crippen molar-refractivity contribution in [2.45, 2.75) is 13.1 Å². The Kier molecular flexibility index (Phi) is 8.17. The maximum atomic E-state index is 13.6. The second-order valence-electron chi connectivity index (χ2n) is 9.40. The lowest BCUT2D eigenvalue weighted by molar-refractivity contribution is -0.137. The van der Waals surface area contributed by atoms with E-state index >= 15 is 0 Å². The number of benzene rings is 2. The number of imidazole rings is 1. The maximum absolute atomic E-state index is 13.6. The van der Waals surface area contributed by atoms with Crippen molar-refractivity contribution in [2.24, 2.45) is 0 Å². The van der Waals surface area contributed by atoms with E-state index in [1.165, 1.54) is 29.1 Å². The van der Waals surface area contributed by atoms with Crippen molar-refractivity contribution < 1.29 is 32.2 Å². The second-order valence-corrected chi connectivity index (χ2v) is 9.40. The number of aryl methyl sites for hydroxylation is 1. The summed E-state index contributed by atoms with van der Waals surface area (Å²) in [6, 6.07) is 11.3. The highest BCUT2D eigenvalue weighted by molar-refractivity contribution is 6.05. The largest absolute Gasteiger partial charge is 0.460 e. The first-order chi connectivity index (χ1) is 19.7. The molecule has 1 amide bonds. The lowest BCUT2D eigenvalue weighted by Crippen LogP contribution is -2.38. The van der Waals surface area contributed by atoms with Crippen molar-refractivity contribution in [3.05, 3.63) is 83.6 Å². The number of nitrogens with one attached hydrogen (secondary N) is 2. The zero-order chi connectivity index (χ0) is 29.0. The molecule has 0 aliphatic carbocycles. The molecule has 10 nitrogen and oxygen atoms in total. The number of halogens is 3. The van der Waals surface area contributed by atoms with Crippen LogP contribution in [-0.2, 0) is 15.7 Å². The number of hydrogen-bond acceptors (Lipinski definition) is 7. The Labute approximate surface area is 233 Å². The standard InChI is InChI=1S/C28H27F3N6O4/c1-18-32-5-6-37(18)23-15-20(13-21(16-23)28(29,30)31)26(38)33-22-4-2-3-19(14-22)24-17-25(35-34-24)27(39)41-12-9-36-7-10-40-11-8-36/h2-6,13-17H,7-12H2,1H3,(H,33,38)(H,34,35). The summed E-state index contributed by atoms with van der Waals surface area (Å²) in [5.41, 5.74) is 0.543. The molecule has 0 atom stereocenters. The fourth-order valence-corrected chi connectivity index (χ4v) is 4.40. The number of H-pyrrole nitrogens is 1. The number of anilines is 1. The van der Waals surface area contributed by atoms with Gasteiger partial charge in [0.1, 0.15) is 18.1 Å². The van der Waals surface area contributed by atoms with E-state index in [2.05, 4.69) is 25.4 Å². The summed E-state index contributed by atoms with van der Waals surface area (Å²) in [6.45, 7) is 5.37. The summed E-state index contributed by atoms with van der Waals surface area (Å²) < 4.78 is 53.0. The number of morpholine rings is 1. The lowest BCUT2D eigenvalue weighted by Gasteiger charge is -2.26. The zero-order valence-electron chi connectivity index (χ0n) is 22.1. The van der Waals surface area contributed by atoms with Crippen molar-refractivity contribution in [1.82, 2.24) is 24.6 Å². The molecule has 4 aromatic rings. The molecule has 41 heavy (non-hydrogen) atoms. The average Bonchev–Trinajstić information content (AvgIpc) is 3.63. The number of alkyl halides is 3. The highest BCUT2D eigenvalue weighted by Crippen LogP contribution is 2.32. The van der Waals surface area contributed by atoms with Crippen LogP contribution < -0.4 is 5.32 Å². The first kappa shape index (κ1) is 28.1. The maximum Gasteiger partial charge on any atom is 0.416 e. The number of rotatable bonds is 8. The van der Waals surface area contributed by atoms with Crippen molar-refractivity contribution >= 4 is 17.6 Å². The molecular weight excluding hydrogens is 541 g/mol. The van der Waals surface area contributed by atoms with Crippen LogP contribution in [0.2, 0.25) is 0 Å². The zero-order valence-corrected chi connectivity index (χ0v) is 22.1. The van der Waals surface area contributed by atoms with Gasteiger partial charge in [-0.1, -0.05) is 12.1 Å². The first-order valence-corrected chi connectivity index (χ1v) is 12.8. The highest BCUT2D eigenvalue weighted by atomic mass is 19.4. The highest BCUT2D eigenvalue weighted by Gasteiger charge is 2.32.